The van der Waals surface area contributed by atoms with Gasteiger partial charge in [-0.25, -0.2) is 0 Å². The summed E-state index contributed by atoms with van der Waals surface area (Å²) in [6.45, 7) is 4.45. The number of aryl methyl sites for hydroxylation is 1. The van der Waals surface area contributed by atoms with Crippen molar-refractivity contribution >= 4 is 11.7 Å². The van der Waals surface area contributed by atoms with E-state index in [1.54, 1.807) is 0 Å². The quantitative estimate of drug-likeness (QED) is 0.862. The summed E-state index contributed by atoms with van der Waals surface area (Å²) in [7, 11) is 0. The molecule has 1 saturated heterocycles. The number of carbonyl (C=O) groups is 1. The summed E-state index contributed by atoms with van der Waals surface area (Å²) in [5.74, 6) is 0.158. The summed E-state index contributed by atoms with van der Waals surface area (Å²) >= 11 is 0. The average Bonchev–Trinajstić information content (AvgIpc) is 3.02. The maximum Gasteiger partial charge on any atom is 0.303 e. The minimum atomic E-state index is -0.859. The fourth-order valence-corrected chi connectivity index (χ4v) is 2.67. The second-order valence-electron chi connectivity index (χ2n) is 5.60. The van der Waals surface area contributed by atoms with Crippen molar-refractivity contribution in [2.24, 2.45) is 0 Å². The van der Waals surface area contributed by atoms with Gasteiger partial charge in [-0.1, -0.05) is 23.4 Å². The molecule has 1 aliphatic rings. The number of carboxylic acid groups (broad SMARTS) is 1. The number of benzene rings is 1. The molecular formula is C16H20N4O3. The van der Waals surface area contributed by atoms with Crippen molar-refractivity contribution in [1.82, 2.24) is 15.0 Å². The number of nitrogens with zero attached hydrogens (tertiary/aromatic N) is 4. The van der Waals surface area contributed by atoms with E-state index in [1.807, 2.05) is 6.07 Å². The van der Waals surface area contributed by atoms with Crippen LogP contribution >= 0.6 is 0 Å². The van der Waals surface area contributed by atoms with Crippen molar-refractivity contribution in [2.75, 3.05) is 31.1 Å². The van der Waals surface area contributed by atoms with Crippen molar-refractivity contribution in [3.63, 3.8) is 0 Å². The van der Waals surface area contributed by atoms with E-state index in [0.29, 0.717) is 18.3 Å². The fraction of sp³-hybridized carbons (Fsp3) is 0.438. The third kappa shape index (κ3) is 4.29. The Labute approximate surface area is 134 Å². The molecule has 0 radical (unpaired) electrons. The normalized spacial score (nSPS) is 15.7. The Balaban J connectivity index is 1.48. The number of rotatable bonds is 6. The topological polar surface area (TPSA) is 82.7 Å². The van der Waals surface area contributed by atoms with Crippen molar-refractivity contribution < 1.29 is 14.4 Å². The van der Waals surface area contributed by atoms with Gasteiger partial charge < -0.3 is 14.5 Å². The van der Waals surface area contributed by atoms with Crippen molar-refractivity contribution in [3.05, 3.63) is 42.0 Å². The van der Waals surface area contributed by atoms with E-state index in [9.17, 15) is 4.79 Å². The van der Waals surface area contributed by atoms with E-state index in [2.05, 4.69) is 44.2 Å². The Kier molecular flexibility index (Phi) is 4.87. The standard InChI is InChI=1S/C16H20N4O3/c21-16(22)7-6-15-17-14(18-23-15)12-19-8-10-20(11-9-19)13-4-2-1-3-5-13/h1-5H,6-12H2,(H,21,22). The highest BCUT2D eigenvalue weighted by atomic mass is 16.5. The molecule has 0 spiro atoms. The number of carboxylic acids is 1. The van der Waals surface area contributed by atoms with E-state index in [4.69, 9.17) is 9.63 Å². The lowest BCUT2D eigenvalue weighted by atomic mass is 10.2. The third-order valence-electron chi connectivity index (χ3n) is 3.92. The van der Waals surface area contributed by atoms with Gasteiger partial charge in [0.1, 0.15) is 0 Å². The maximum atomic E-state index is 10.5. The van der Waals surface area contributed by atoms with E-state index >= 15 is 0 Å². The number of piperazine rings is 1. The molecule has 1 aromatic heterocycles. The van der Waals surface area contributed by atoms with Gasteiger partial charge in [-0.15, -0.1) is 0 Å². The molecule has 0 amide bonds. The third-order valence-corrected chi connectivity index (χ3v) is 3.92. The number of aliphatic carboxylic acids is 1. The van der Waals surface area contributed by atoms with Gasteiger partial charge in [0.2, 0.25) is 5.89 Å². The molecule has 2 heterocycles. The Hall–Kier alpha value is -2.41. The summed E-state index contributed by atoms with van der Waals surface area (Å²) in [5, 5.41) is 12.6. The van der Waals surface area contributed by atoms with Crippen LogP contribution in [-0.2, 0) is 17.8 Å². The molecule has 3 rings (SSSR count). The molecular weight excluding hydrogens is 296 g/mol. The molecule has 0 atom stereocenters. The average molecular weight is 316 g/mol. The van der Waals surface area contributed by atoms with Gasteiger partial charge in [-0.05, 0) is 12.1 Å². The number of aromatic nitrogens is 2. The Bertz CT molecular complexity index is 636. The van der Waals surface area contributed by atoms with E-state index < -0.39 is 5.97 Å². The summed E-state index contributed by atoms with van der Waals surface area (Å²) in [6, 6.07) is 10.4. The predicted octanol–water partition coefficient (Wildman–Crippen LogP) is 1.41. The second-order valence-corrected chi connectivity index (χ2v) is 5.60. The van der Waals surface area contributed by atoms with Gasteiger partial charge in [0.25, 0.3) is 0 Å². The first-order valence-corrected chi connectivity index (χ1v) is 7.76. The molecule has 122 valence electrons. The van der Waals surface area contributed by atoms with Crippen LogP contribution in [0.1, 0.15) is 18.1 Å². The van der Waals surface area contributed by atoms with Crippen LogP contribution in [0.4, 0.5) is 5.69 Å². The highest BCUT2D eigenvalue weighted by molar-refractivity contribution is 5.66. The second kappa shape index (κ2) is 7.23. The SMILES string of the molecule is O=C(O)CCc1nc(CN2CCN(c3ccccc3)CC2)no1. The van der Waals surface area contributed by atoms with Crippen LogP contribution in [0.5, 0.6) is 0 Å². The minimum absolute atomic E-state index is 0.0113. The molecule has 0 bridgehead atoms. The van der Waals surface area contributed by atoms with Gasteiger partial charge >= 0.3 is 5.97 Å². The van der Waals surface area contributed by atoms with Crippen molar-refractivity contribution in [2.45, 2.75) is 19.4 Å². The molecule has 7 nitrogen and oxygen atoms in total. The highest BCUT2D eigenvalue weighted by Crippen LogP contribution is 2.16. The zero-order valence-electron chi connectivity index (χ0n) is 12.9. The molecule has 1 fully saturated rings. The van der Waals surface area contributed by atoms with Crippen LogP contribution in [0.2, 0.25) is 0 Å². The van der Waals surface area contributed by atoms with E-state index in [0.717, 1.165) is 26.2 Å². The van der Waals surface area contributed by atoms with E-state index in [-0.39, 0.29) is 12.8 Å². The fourth-order valence-electron chi connectivity index (χ4n) is 2.67. The first-order valence-electron chi connectivity index (χ1n) is 7.76. The Morgan fingerprint density at radius 3 is 2.61 bits per heavy atom. The van der Waals surface area contributed by atoms with Crippen LogP contribution in [0.25, 0.3) is 0 Å². The molecule has 0 saturated carbocycles. The van der Waals surface area contributed by atoms with Crippen molar-refractivity contribution in [1.29, 1.82) is 0 Å². The van der Waals surface area contributed by atoms with Crippen LogP contribution in [0, 0.1) is 0 Å². The lowest BCUT2D eigenvalue weighted by Crippen LogP contribution is -2.46. The zero-order chi connectivity index (χ0) is 16.1. The molecule has 7 heteroatoms. The van der Waals surface area contributed by atoms with Gasteiger partial charge in [0.05, 0.1) is 13.0 Å². The smallest absolute Gasteiger partial charge is 0.303 e. The predicted molar refractivity (Wildman–Crippen MR) is 84.2 cm³/mol. The Morgan fingerprint density at radius 2 is 1.91 bits per heavy atom. The first-order chi connectivity index (χ1) is 11.2. The van der Waals surface area contributed by atoms with E-state index in [1.165, 1.54) is 5.69 Å². The Morgan fingerprint density at radius 1 is 1.17 bits per heavy atom. The largest absolute Gasteiger partial charge is 0.481 e. The van der Waals surface area contributed by atoms with Crippen molar-refractivity contribution in [3.8, 4) is 0 Å². The van der Waals surface area contributed by atoms with Gasteiger partial charge in [-0.2, -0.15) is 4.98 Å². The minimum Gasteiger partial charge on any atom is -0.481 e. The lowest BCUT2D eigenvalue weighted by Gasteiger charge is -2.35. The van der Waals surface area contributed by atoms with Crippen LogP contribution in [0.3, 0.4) is 0 Å². The van der Waals surface area contributed by atoms with Crippen LogP contribution in [0.15, 0.2) is 34.9 Å². The molecule has 1 aromatic carbocycles. The number of para-hydroxylation sites is 1. The molecule has 0 aliphatic carbocycles. The summed E-state index contributed by atoms with van der Waals surface area (Å²) in [4.78, 5) is 19.4. The monoisotopic (exact) mass is 316 g/mol. The van der Waals surface area contributed by atoms with Crippen LogP contribution in [-0.4, -0.2) is 52.3 Å². The zero-order valence-corrected chi connectivity index (χ0v) is 12.9. The summed E-state index contributed by atoms with van der Waals surface area (Å²) in [5.41, 5.74) is 1.25. The van der Waals surface area contributed by atoms with Gasteiger partial charge in [0.15, 0.2) is 5.82 Å². The lowest BCUT2D eigenvalue weighted by molar-refractivity contribution is -0.137. The number of hydrogen-bond donors (Lipinski definition) is 1. The number of hydrogen-bond acceptors (Lipinski definition) is 6. The van der Waals surface area contributed by atoms with Gasteiger partial charge in [0, 0.05) is 38.3 Å². The first kappa shape index (κ1) is 15.5. The molecule has 23 heavy (non-hydrogen) atoms. The summed E-state index contributed by atoms with van der Waals surface area (Å²) < 4.78 is 5.09. The number of anilines is 1. The molecule has 0 unspecified atom stereocenters. The van der Waals surface area contributed by atoms with Gasteiger partial charge in [-0.3, -0.25) is 9.69 Å². The highest BCUT2D eigenvalue weighted by Gasteiger charge is 2.19. The molecule has 1 N–H and O–H groups in total. The molecule has 2 aromatic rings. The molecule has 1 aliphatic heterocycles. The maximum absolute atomic E-state index is 10.5. The van der Waals surface area contributed by atoms with Crippen LogP contribution < -0.4 is 4.90 Å². The summed E-state index contributed by atoms with van der Waals surface area (Å²) in [6.07, 6.45) is 0.293.